The fraction of sp³-hybridized carbons (Fsp3) is 0.450. The Kier molecular flexibility index (Phi) is 5.82. The van der Waals surface area contributed by atoms with Gasteiger partial charge in [0.25, 0.3) is 5.91 Å². The number of esters is 1. The van der Waals surface area contributed by atoms with Crippen LogP contribution < -0.4 is 0 Å². The molecule has 2 aliphatic rings. The summed E-state index contributed by atoms with van der Waals surface area (Å²) in [5, 5.41) is 20.7. The lowest BCUT2D eigenvalue weighted by atomic mass is 9.91. The number of nitrogens with zero attached hydrogens (tertiary/aromatic N) is 3. The summed E-state index contributed by atoms with van der Waals surface area (Å²) in [4.78, 5) is 29.1. The molecule has 0 aromatic carbocycles. The van der Waals surface area contributed by atoms with Crippen LogP contribution in [0.25, 0.3) is 0 Å². The van der Waals surface area contributed by atoms with Gasteiger partial charge in [-0.1, -0.05) is 12.1 Å². The molecule has 2 aliphatic heterocycles. The number of carbonyl (C=O) groups excluding carboxylic acids is 2. The Morgan fingerprint density at radius 3 is 2.59 bits per heavy atom. The number of hydrazone groups is 1. The van der Waals surface area contributed by atoms with Gasteiger partial charge in [-0.15, -0.1) is 22.7 Å². The third kappa shape index (κ3) is 4.13. The minimum absolute atomic E-state index is 0.0709. The first-order valence-corrected chi connectivity index (χ1v) is 11.3. The third-order valence-corrected chi connectivity index (χ3v) is 7.34. The van der Waals surface area contributed by atoms with Crippen LogP contribution in [0, 0.1) is 0 Å². The molecule has 0 saturated carbocycles. The van der Waals surface area contributed by atoms with Crippen molar-refractivity contribution in [3.63, 3.8) is 0 Å². The van der Waals surface area contributed by atoms with Gasteiger partial charge in [0.05, 0.1) is 30.3 Å². The predicted octanol–water partition coefficient (Wildman–Crippen LogP) is 2.49. The van der Waals surface area contributed by atoms with Gasteiger partial charge >= 0.3 is 5.97 Å². The summed E-state index contributed by atoms with van der Waals surface area (Å²) >= 11 is 3.26. The summed E-state index contributed by atoms with van der Waals surface area (Å²) in [6.45, 7) is 1.12. The third-order valence-electron chi connectivity index (χ3n) is 5.45. The topological polar surface area (TPSA) is 82.4 Å². The van der Waals surface area contributed by atoms with Gasteiger partial charge in [-0.25, -0.2) is 9.80 Å². The quantitative estimate of drug-likeness (QED) is 0.733. The number of rotatable bonds is 5. The number of methoxy groups -OCH3 is 1. The molecule has 1 fully saturated rings. The molecular weight excluding hydrogens is 410 g/mol. The van der Waals surface area contributed by atoms with Crippen molar-refractivity contribution in [3.8, 4) is 0 Å². The van der Waals surface area contributed by atoms with Gasteiger partial charge in [-0.2, -0.15) is 5.10 Å². The Hall–Kier alpha value is -2.07. The van der Waals surface area contributed by atoms with E-state index >= 15 is 0 Å². The summed E-state index contributed by atoms with van der Waals surface area (Å²) in [7, 11) is 1.28. The molecule has 1 unspecified atom stereocenters. The van der Waals surface area contributed by atoms with E-state index in [0.29, 0.717) is 19.5 Å². The van der Waals surface area contributed by atoms with Gasteiger partial charge in [0.2, 0.25) is 0 Å². The van der Waals surface area contributed by atoms with Crippen LogP contribution in [0.3, 0.4) is 0 Å². The Balaban J connectivity index is 1.45. The van der Waals surface area contributed by atoms with E-state index in [4.69, 9.17) is 4.74 Å². The normalized spacial score (nSPS) is 21.8. The smallest absolute Gasteiger partial charge is 0.337 e. The number of aliphatic hydroxyl groups is 1. The molecule has 0 radical (unpaired) electrons. The first kappa shape index (κ1) is 20.2. The van der Waals surface area contributed by atoms with Crippen molar-refractivity contribution in [2.24, 2.45) is 5.10 Å². The predicted molar refractivity (Wildman–Crippen MR) is 112 cm³/mol. The maximum atomic E-state index is 13.1. The lowest BCUT2D eigenvalue weighted by molar-refractivity contribution is -0.167. The van der Waals surface area contributed by atoms with Crippen molar-refractivity contribution in [1.82, 2.24) is 9.91 Å². The molecule has 1 atom stereocenters. The van der Waals surface area contributed by atoms with Crippen molar-refractivity contribution in [1.29, 1.82) is 0 Å². The molecule has 154 valence electrons. The monoisotopic (exact) mass is 433 g/mol. The molecule has 4 rings (SSSR count). The molecule has 1 saturated heterocycles. The first-order valence-electron chi connectivity index (χ1n) is 9.50. The van der Waals surface area contributed by atoms with Crippen molar-refractivity contribution in [2.75, 3.05) is 26.7 Å². The van der Waals surface area contributed by atoms with Crippen LogP contribution in [-0.4, -0.2) is 64.9 Å². The molecule has 7 nitrogen and oxygen atoms in total. The average molecular weight is 434 g/mol. The van der Waals surface area contributed by atoms with E-state index in [1.165, 1.54) is 7.11 Å². The highest BCUT2D eigenvalue weighted by molar-refractivity contribution is 7.12. The lowest BCUT2D eigenvalue weighted by Gasteiger charge is -2.36. The lowest BCUT2D eigenvalue weighted by Crippen LogP contribution is -2.51. The Bertz CT molecular complexity index is 887. The van der Waals surface area contributed by atoms with Crippen LogP contribution in [0.4, 0.5) is 0 Å². The summed E-state index contributed by atoms with van der Waals surface area (Å²) in [6.07, 6.45) is 1.21. The van der Waals surface area contributed by atoms with Gasteiger partial charge in [-0.05, 0) is 35.7 Å². The molecule has 0 spiro atoms. The maximum absolute atomic E-state index is 13.1. The van der Waals surface area contributed by atoms with Crippen LogP contribution in [0.1, 0.15) is 35.1 Å². The fourth-order valence-corrected chi connectivity index (χ4v) is 5.31. The number of carbonyl (C=O) groups is 2. The number of likely N-dealkylation sites (tertiary alicyclic amines) is 1. The Morgan fingerprint density at radius 1 is 1.24 bits per heavy atom. The highest BCUT2D eigenvalue weighted by Gasteiger charge is 2.41. The van der Waals surface area contributed by atoms with Crippen molar-refractivity contribution < 1.29 is 19.4 Å². The largest absolute Gasteiger partial charge is 0.467 e. The fourth-order valence-electron chi connectivity index (χ4n) is 3.77. The number of thiophene rings is 2. The second-order valence-corrected chi connectivity index (χ2v) is 9.22. The van der Waals surface area contributed by atoms with E-state index in [1.807, 2.05) is 39.9 Å². The number of ether oxygens (including phenoxy) is 1. The average Bonchev–Trinajstić information content (AvgIpc) is 3.49. The van der Waals surface area contributed by atoms with Gasteiger partial charge in [-0.3, -0.25) is 9.69 Å². The minimum atomic E-state index is -1.45. The second kappa shape index (κ2) is 8.35. The standard InChI is InChI=1S/C20H23N3O4S2/c1-27-19(25)20(26)6-8-22(9-7-20)13-18(24)23-15(17-5-3-11-29-17)12-14(21-23)16-4-2-10-28-16/h2-5,10-11,15,26H,6-9,12-13H2,1H3. The molecular formula is C20H23N3O4S2. The number of piperidine rings is 1. The van der Waals surface area contributed by atoms with Crippen molar-refractivity contribution >= 4 is 40.3 Å². The Labute approximate surface area is 177 Å². The van der Waals surface area contributed by atoms with E-state index in [1.54, 1.807) is 27.7 Å². The molecule has 0 aliphatic carbocycles. The first-order chi connectivity index (χ1) is 14.0. The molecule has 29 heavy (non-hydrogen) atoms. The van der Waals surface area contributed by atoms with E-state index in [0.717, 1.165) is 15.5 Å². The van der Waals surface area contributed by atoms with Gasteiger partial charge in [0.15, 0.2) is 5.60 Å². The van der Waals surface area contributed by atoms with Gasteiger partial charge in [0, 0.05) is 24.4 Å². The van der Waals surface area contributed by atoms with E-state index in [9.17, 15) is 14.7 Å². The number of hydrogen-bond donors (Lipinski definition) is 1. The van der Waals surface area contributed by atoms with Crippen molar-refractivity contribution in [3.05, 3.63) is 44.8 Å². The van der Waals surface area contributed by atoms with Crippen molar-refractivity contribution in [2.45, 2.75) is 30.9 Å². The van der Waals surface area contributed by atoms with Gasteiger partial charge in [0.1, 0.15) is 0 Å². The molecule has 1 amide bonds. The van der Waals surface area contributed by atoms with Gasteiger partial charge < -0.3 is 9.84 Å². The van der Waals surface area contributed by atoms with Crippen LogP contribution in [-0.2, 0) is 14.3 Å². The SMILES string of the molecule is COC(=O)C1(O)CCN(CC(=O)N2N=C(c3cccs3)CC2c2cccs2)CC1. The summed E-state index contributed by atoms with van der Waals surface area (Å²) in [6, 6.07) is 7.96. The van der Waals surface area contributed by atoms with E-state index in [-0.39, 0.29) is 31.3 Å². The molecule has 2 aromatic heterocycles. The minimum Gasteiger partial charge on any atom is -0.467 e. The summed E-state index contributed by atoms with van der Waals surface area (Å²) < 4.78 is 4.69. The maximum Gasteiger partial charge on any atom is 0.337 e. The van der Waals surface area contributed by atoms with Crippen LogP contribution in [0.2, 0.25) is 0 Å². The summed E-state index contributed by atoms with van der Waals surface area (Å²) in [5.41, 5.74) is -0.517. The molecule has 9 heteroatoms. The van der Waals surface area contributed by atoms with E-state index in [2.05, 4.69) is 5.10 Å². The number of amides is 1. The Morgan fingerprint density at radius 2 is 1.97 bits per heavy atom. The van der Waals surface area contributed by atoms with Crippen LogP contribution in [0.15, 0.2) is 40.1 Å². The summed E-state index contributed by atoms with van der Waals surface area (Å²) in [5.74, 6) is -0.676. The molecule has 2 aromatic rings. The zero-order valence-electron chi connectivity index (χ0n) is 16.1. The zero-order chi connectivity index (χ0) is 20.4. The molecule has 1 N–H and O–H groups in total. The van der Waals surface area contributed by atoms with Crippen LogP contribution in [0.5, 0.6) is 0 Å². The van der Waals surface area contributed by atoms with Crippen LogP contribution >= 0.6 is 22.7 Å². The molecule has 0 bridgehead atoms. The zero-order valence-corrected chi connectivity index (χ0v) is 17.7. The highest BCUT2D eigenvalue weighted by atomic mass is 32.1. The highest BCUT2D eigenvalue weighted by Crippen LogP contribution is 2.36. The van der Waals surface area contributed by atoms with E-state index < -0.39 is 11.6 Å². The second-order valence-electron chi connectivity index (χ2n) is 7.30. The number of hydrogen-bond acceptors (Lipinski definition) is 8. The molecule has 4 heterocycles.